The van der Waals surface area contributed by atoms with E-state index in [9.17, 15) is 13.2 Å². The van der Waals surface area contributed by atoms with Crippen LogP contribution < -0.4 is 9.04 Å². The van der Waals surface area contributed by atoms with E-state index >= 15 is 0 Å². The molecule has 6 nitrogen and oxygen atoms in total. The maximum Gasteiger partial charge on any atom is 0.324 e. The average Bonchev–Trinajstić information content (AvgIpc) is 2.99. The molecule has 1 N–H and O–H groups in total. The molecule has 0 aliphatic carbocycles. The summed E-state index contributed by atoms with van der Waals surface area (Å²) in [4.78, 5) is 11.1. The quantitative estimate of drug-likeness (QED) is 0.855. The van der Waals surface area contributed by atoms with E-state index in [1.54, 1.807) is 11.4 Å². The third-order valence-electron chi connectivity index (χ3n) is 2.73. The van der Waals surface area contributed by atoms with Crippen molar-refractivity contribution in [3.63, 3.8) is 0 Å². The second-order valence-corrected chi connectivity index (χ2v) is 7.63. The number of hydrogen-bond donors (Lipinski definition) is 1. The zero-order valence-corrected chi connectivity index (χ0v) is 13.8. The van der Waals surface area contributed by atoms with E-state index in [4.69, 9.17) is 21.4 Å². The van der Waals surface area contributed by atoms with Crippen LogP contribution in [0.3, 0.4) is 0 Å². The standard InChI is InChI=1S/C13H12ClNO5S2/c1-20-11-5-4-9(14)7-10(11)15(8-12(16)17)22(18,19)13-3-2-6-21-13/h2-7H,8H2,1H3,(H,16,17). The van der Waals surface area contributed by atoms with Gasteiger partial charge in [0.25, 0.3) is 10.0 Å². The van der Waals surface area contributed by atoms with E-state index in [1.165, 1.54) is 31.4 Å². The van der Waals surface area contributed by atoms with E-state index in [2.05, 4.69) is 0 Å². The van der Waals surface area contributed by atoms with Crippen LogP contribution in [0.25, 0.3) is 0 Å². The first kappa shape index (κ1) is 16.6. The topological polar surface area (TPSA) is 83.9 Å². The number of methoxy groups -OCH3 is 1. The highest BCUT2D eigenvalue weighted by molar-refractivity contribution is 7.94. The Bertz CT molecular complexity index is 774. The highest BCUT2D eigenvalue weighted by Gasteiger charge is 2.30. The van der Waals surface area contributed by atoms with Crippen molar-refractivity contribution < 1.29 is 23.1 Å². The van der Waals surface area contributed by atoms with Gasteiger partial charge in [0.05, 0.1) is 12.8 Å². The lowest BCUT2D eigenvalue weighted by molar-refractivity contribution is -0.135. The number of halogens is 1. The Morgan fingerprint density at radius 3 is 2.68 bits per heavy atom. The number of ether oxygens (including phenoxy) is 1. The van der Waals surface area contributed by atoms with E-state index in [1.807, 2.05) is 0 Å². The predicted molar refractivity (Wildman–Crippen MR) is 84.5 cm³/mol. The van der Waals surface area contributed by atoms with Crippen molar-refractivity contribution in [2.75, 3.05) is 18.0 Å². The van der Waals surface area contributed by atoms with E-state index in [-0.39, 0.29) is 20.7 Å². The fraction of sp³-hybridized carbons (Fsp3) is 0.154. The molecule has 0 aliphatic rings. The van der Waals surface area contributed by atoms with E-state index in [0.717, 1.165) is 15.6 Å². The van der Waals surface area contributed by atoms with E-state index < -0.39 is 22.5 Å². The fourth-order valence-corrected chi connectivity index (χ4v) is 4.49. The van der Waals surface area contributed by atoms with Crippen LogP contribution in [0.2, 0.25) is 5.02 Å². The summed E-state index contributed by atoms with van der Waals surface area (Å²) in [6.45, 7) is -0.739. The zero-order valence-electron chi connectivity index (χ0n) is 11.4. The molecule has 22 heavy (non-hydrogen) atoms. The Morgan fingerprint density at radius 1 is 1.41 bits per heavy atom. The molecule has 0 fully saturated rings. The maximum absolute atomic E-state index is 12.7. The minimum absolute atomic E-state index is 0.0378. The molecule has 0 saturated carbocycles. The Kier molecular flexibility index (Phi) is 4.94. The Balaban J connectivity index is 2.61. The van der Waals surface area contributed by atoms with Gasteiger partial charge in [-0.2, -0.15) is 0 Å². The highest BCUT2D eigenvalue weighted by atomic mass is 35.5. The van der Waals surface area contributed by atoms with Crippen molar-refractivity contribution in [2.24, 2.45) is 0 Å². The van der Waals surface area contributed by atoms with Crippen LogP contribution >= 0.6 is 22.9 Å². The summed E-state index contributed by atoms with van der Waals surface area (Å²) in [6.07, 6.45) is 0. The van der Waals surface area contributed by atoms with Gasteiger partial charge < -0.3 is 9.84 Å². The van der Waals surface area contributed by atoms with Gasteiger partial charge >= 0.3 is 5.97 Å². The summed E-state index contributed by atoms with van der Waals surface area (Å²) in [7, 11) is -2.66. The van der Waals surface area contributed by atoms with Gasteiger partial charge in [-0.05, 0) is 29.6 Å². The van der Waals surface area contributed by atoms with Crippen LogP contribution in [0.4, 0.5) is 5.69 Å². The molecule has 0 aliphatic heterocycles. The first-order valence-corrected chi connectivity index (χ1v) is 8.67. The molecule has 0 bridgehead atoms. The van der Waals surface area contributed by atoms with Gasteiger partial charge in [0.2, 0.25) is 0 Å². The van der Waals surface area contributed by atoms with E-state index in [0.29, 0.717) is 0 Å². The van der Waals surface area contributed by atoms with Crippen molar-refractivity contribution >= 4 is 44.6 Å². The van der Waals surface area contributed by atoms with Crippen molar-refractivity contribution in [3.05, 3.63) is 40.7 Å². The number of rotatable bonds is 6. The molecule has 1 heterocycles. The molecular weight excluding hydrogens is 350 g/mol. The summed E-state index contributed by atoms with van der Waals surface area (Å²) < 4.78 is 31.3. The molecule has 118 valence electrons. The number of carbonyl (C=O) groups is 1. The smallest absolute Gasteiger partial charge is 0.324 e. The van der Waals surface area contributed by atoms with Crippen LogP contribution in [0.1, 0.15) is 0 Å². The molecule has 0 saturated heterocycles. The van der Waals surface area contributed by atoms with Crippen molar-refractivity contribution in [2.45, 2.75) is 4.21 Å². The zero-order chi connectivity index (χ0) is 16.3. The third kappa shape index (κ3) is 3.34. The van der Waals surface area contributed by atoms with Crippen molar-refractivity contribution in [1.29, 1.82) is 0 Å². The molecule has 0 spiro atoms. The molecule has 1 aromatic heterocycles. The number of sulfonamides is 1. The third-order valence-corrected chi connectivity index (χ3v) is 6.10. The van der Waals surface area contributed by atoms with Gasteiger partial charge in [0, 0.05) is 5.02 Å². The molecule has 0 unspecified atom stereocenters. The molecule has 1 aromatic carbocycles. The van der Waals surface area contributed by atoms with Gasteiger partial charge in [0.1, 0.15) is 16.5 Å². The summed E-state index contributed by atoms with van der Waals surface area (Å²) in [6, 6.07) is 7.35. The molecular formula is C13H12ClNO5S2. The monoisotopic (exact) mass is 361 g/mol. The second-order valence-electron chi connectivity index (χ2n) is 4.15. The molecule has 0 amide bonds. The number of nitrogens with zero attached hydrogens (tertiary/aromatic N) is 1. The lowest BCUT2D eigenvalue weighted by Gasteiger charge is -2.23. The molecule has 2 rings (SSSR count). The van der Waals surface area contributed by atoms with Gasteiger partial charge in [0.15, 0.2) is 0 Å². The van der Waals surface area contributed by atoms with Crippen LogP contribution in [0, 0.1) is 0 Å². The lowest BCUT2D eigenvalue weighted by Crippen LogP contribution is -2.35. The fourth-order valence-electron chi connectivity index (χ4n) is 1.80. The van der Waals surface area contributed by atoms with Crippen LogP contribution in [0.5, 0.6) is 5.75 Å². The van der Waals surface area contributed by atoms with Gasteiger partial charge in [-0.15, -0.1) is 11.3 Å². The Morgan fingerprint density at radius 2 is 2.14 bits per heavy atom. The number of benzene rings is 1. The summed E-state index contributed by atoms with van der Waals surface area (Å²) >= 11 is 6.91. The minimum Gasteiger partial charge on any atom is -0.495 e. The van der Waals surface area contributed by atoms with Gasteiger partial charge in [-0.3, -0.25) is 9.10 Å². The molecule has 2 aromatic rings. The highest BCUT2D eigenvalue weighted by Crippen LogP contribution is 2.35. The molecule has 0 radical (unpaired) electrons. The SMILES string of the molecule is COc1ccc(Cl)cc1N(CC(=O)O)S(=O)(=O)c1cccs1. The average molecular weight is 362 g/mol. The number of anilines is 1. The Hall–Kier alpha value is -1.77. The first-order valence-electron chi connectivity index (χ1n) is 5.98. The minimum atomic E-state index is -4.02. The normalized spacial score (nSPS) is 11.2. The number of aliphatic carboxylic acids is 1. The van der Waals surface area contributed by atoms with Crippen LogP contribution in [-0.4, -0.2) is 33.1 Å². The van der Waals surface area contributed by atoms with Crippen molar-refractivity contribution in [3.8, 4) is 5.75 Å². The number of thiophene rings is 1. The van der Waals surface area contributed by atoms with Gasteiger partial charge in [-0.25, -0.2) is 8.42 Å². The van der Waals surface area contributed by atoms with Crippen LogP contribution in [0.15, 0.2) is 39.9 Å². The summed E-state index contributed by atoms with van der Waals surface area (Å²) in [5, 5.41) is 10.9. The summed E-state index contributed by atoms with van der Waals surface area (Å²) in [5.41, 5.74) is 0.0748. The first-order chi connectivity index (χ1) is 10.4. The van der Waals surface area contributed by atoms with Crippen molar-refractivity contribution in [1.82, 2.24) is 0 Å². The molecule has 9 heteroatoms. The maximum atomic E-state index is 12.7. The van der Waals surface area contributed by atoms with Gasteiger partial charge in [-0.1, -0.05) is 17.7 Å². The number of carboxylic acids is 1. The van der Waals surface area contributed by atoms with Crippen LogP contribution in [-0.2, 0) is 14.8 Å². The predicted octanol–water partition coefficient (Wildman–Crippen LogP) is 2.69. The summed E-state index contributed by atoms with van der Waals surface area (Å²) in [5.74, 6) is -1.08. The lowest BCUT2D eigenvalue weighted by atomic mass is 10.3. The largest absolute Gasteiger partial charge is 0.495 e. The number of hydrogen-bond acceptors (Lipinski definition) is 5. The Labute approximate surface area is 136 Å². The second kappa shape index (κ2) is 6.55. The molecule has 0 atom stereocenters. The number of carboxylic acid groups (broad SMARTS) is 1.